The Kier molecular flexibility index (Phi) is 4.11. The van der Waals surface area contributed by atoms with Gasteiger partial charge < -0.3 is 14.6 Å². The molecule has 19 heavy (non-hydrogen) atoms. The van der Waals surface area contributed by atoms with Crippen LogP contribution < -0.4 is 4.74 Å². The number of ether oxygens (including phenoxy) is 2. The van der Waals surface area contributed by atoms with Crippen molar-refractivity contribution >= 4 is 0 Å². The van der Waals surface area contributed by atoms with Gasteiger partial charge in [0.25, 0.3) is 0 Å². The maximum absolute atomic E-state index is 13.2. The number of halogens is 1. The van der Waals surface area contributed by atoms with E-state index in [-0.39, 0.29) is 17.5 Å². The SMILES string of the molecule is C[C@H](O)c1cc(F)ccc1OCC1CCC(C)(C)O1. The molecule has 1 fully saturated rings. The van der Waals surface area contributed by atoms with Crippen molar-refractivity contribution in [3.63, 3.8) is 0 Å². The van der Waals surface area contributed by atoms with Gasteiger partial charge in [0.05, 0.1) is 17.8 Å². The molecule has 0 radical (unpaired) electrons. The van der Waals surface area contributed by atoms with E-state index in [4.69, 9.17) is 9.47 Å². The van der Waals surface area contributed by atoms with Crippen LogP contribution in [0.4, 0.5) is 4.39 Å². The highest BCUT2D eigenvalue weighted by Crippen LogP contribution is 2.31. The van der Waals surface area contributed by atoms with Gasteiger partial charge in [0, 0.05) is 5.56 Å². The zero-order valence-corrected chi connectivity index (χ0v) is 11.6. The van der Waals surface area contributed by atoms with Crippen LogP contribution in [0.3, 0.4) is 0 Å². The third-order valence-electron chi connectivity index (χ3n) is 3.40. The molecule has 4 heteroatoms. The molecule has 1 saturated heterocycles. The predicted molar refractivity (Wildman–Crippen MR) is 70.7 cm³/mol. The van der Waals surface area contributed by atoms with E-state index in [1.54, 1.807) is 13.0 Å². The monoisotopic (exact) mass is 268 g/mol. The van der Waals surface area contributed by atoms with Crippen LogP contribution in [0.15, 0.2) is 18.2 Å². The lowest BCUT2D eigenvalue weighted by Gasteiger charge is -2.20. The second kappa shape index (κ2) is 5.47. The molecule has 2 rings (SSSR count). The fraction of sp³-hybridized carbons (Fsp3) is 0.600. The molecular weight excluding hydrogens is 247 g/mol. The molecule has 2 atom stereocenters. The molecule has 1 N–H and O–H groups in total. The summed E-state index contributed by atoms with van der Waals surface area (Å²) in [6, 6.07) is 4.19. The molecule has 1 aromatic carbocycles. The average molecular weight is 268 g/mol. The van der Waals surface area contributed by atoms with Gasteiger partial charge in [-0.1, -0.05) is 0 Å². The lowest BCUT2D eigenvalue weighted by atomic mass is 10.1. The predicted octanol–water partition coefficient (Wildman–Crippen LogP) is 3.22. The van der Waals surface area contributed by atoms with Crippen molar-refractivity contribution in [3.05, 3.63) is 29.6 Å². The molecule has 0 saturated carbocycles. The standard InChI is InChI=1S/C15H21FO3/c1-10(17)13-8-11(16)4-5-14(13)18-9-12-6-7-15(2,3)19-12/h4-5,8,10,12,17H,6-7,9H2,1-3H3/t10-,12?/m0/s1. The number of rotatable bonds is 4. The minimum Gasteiger partial charge on any atom is -0.490 e. The Hall–Kier alpha value is -1.13. The lowest BCUT2D eigenvalue weighted by molar-refractivity contribution is -0.0330. The molecule has 1 aliphatic heterocycles. The Morgan fingerprint density at radius 3 is 2.84 bits per heavy atom. The van der Waals surface area contributed by atoms with E-state index in [1.807, 2.05) is 0 Å². The van der Waals surface area contributed by atoms with E-state index in [2.05, 4.69) is 13.8 Å². The topological polar surface area (TPSA) is 38.7 Å². The molecule has 0 spiro atoms. The lowest BCUT2D eigenvalue weighted by Crippen LogP contribution is -2.24. The Bertz CT molecular complexity index is 443. The van der Waals surface area contributed by atoms with Gasteiger partial charge in [-0.05, 0) is 51.8 Å². The largest absolute Gasteiger partial charge is 0.490 e. The molecule has 1 unspecified atom stereocenters. The van der Waals surface area contributed by atoms with Crippen LogP contribution in [0.2, 0.25) is 0 Å². The Balaban J connectivity index is 2.00. The van der Waals surface area contributed by atoms with Crippen LogP contribution in [0, 0.1) is 5.82 Å². The molecule has 1 aliphatic rings. The summed E-state index contributed by atoms with van der Waals surface area (Å²) in [5.41, 5.74) is 0.376. The fourth-order valence-corrected chi connectivity index (χ4v) is 2.35. The first-order chi connectivity index (χ1) is 8.87. The van der Waals surface area contributed by atoms with Crippen LogP contribution in [0.5, 0.6) is 5.75 Å². The summed E-state index contributed by atoms with van der Waals surface area (Å²) >= 11 is 0. The number of hydrogen-bond donors (Lipinski definition) is 1. The molecule has 0 amide bonds. The average Bonchev–Trinajstić information content (AvgIpc) is 2.67. The molecule has 3 nitrogen and oxygen atoms in total. The van der Waals surface area contributed by atoms with Gasteiger partial charge in [-0.15, -0.1) is 0 Å². The highest BCUT2D eigenvalue weighted by atomic mass is 19.1. The first-order valence-corrected chi connectivity index (χ1v) is 6.65. The smallest absolute Gasteiger partial charge is 0.125 e. The highest BCUT2D eigenvalue weighted by molar-refractivity contribution is 5.35. The molecular formula is C15H21FO3. The van der Waals surface area contributed by atoms with E-state index in [1.165, 1.54) is 12.1 Å². The third-order valence-corrected chi connectivity index (χ3v) is 3.40. The van der Waals surface area contributed by atoms with E-state index in [9.17, 15) is 9.50 Å². The van der Waals surface area contributed by atoms with E-state index in [0.29, 0.717) is 17.9 Å². The zero-order valence-electron chi connectivity index (χ0n) is 11.6. The molecule has 1 aromatic rings. The fourth-order valence-electron chi connectivity index (χ4n) is 2.35. The van der Waals surface area contributed by atoms with Gasteiger partial charge in [0.15, 0.2) is 0 Å². The second-order valence-electron chi connectivity index (χ2n) is 5.71. The number of hydrogen-bond acceptors (Lipinski definition) is 3. The zero-order chi connectivity index (χ0) is 14.0. The normalized spacial score (nSPS) is 23.3. The van der Waals surface area contributed by atoms with Gasteiger partial charge in [-0.2, -0.15) is 0 Å². The van der Waals surface area contributed by atoms with E-state index in [0.717, 1.165) is 12.8 Å². The number of aliphatic hydroxyl groups excluding tert-OH is 1. The first-order valence-electron chi connectivity index (χ1n) is 6.65. The van der Waals surface area contributed by atoms with Crippen molar-refractivity contribution in [1.29, 1.82) is 0 Å². The van der Waals surface area contributed by atoms with Crippen molar-refractivity contribution in [3.8, 4) is 5.75 Å². The first kappa shape index (κ1) is 14.3. The van der Waals surface area contributed by atoms with Crippen molar-refractivity contribution in [2.24, 2.45) is 0 Å². The van der Waals surface area contributed by atoms with Crippen LogP contribution in [0.25, 0.3) is 0 Å². The van der Waals surface area contributed by atoms with Gasteiger partial charge >= 0.3 is 0 Å². The van der Waals surface area contributed by atoms with Gasteiger partial charge in [0.2, 0.25) is 0 Å². The maximum atomic E-state index is 13.2. The van der Waals surface area contributed by atoms with E-state index < -0.39 is 6.10 Å². The van der Waals surface area contributed by atoms with E-state index >= 15 is 0 Å². The highest BCUT2D eigenvalue weighted by Gasteiger charge is 2.32. The Morgan fingerprint density at radius 1 is 1.53 bits per heavy atom. The maximum Gasteiger partial charge on any atom is 0.125 e. The van der Waals surface area contributed by atoms with Gasteiger partial charge in [-0.3, -0.25) is 0 Å². The Labute approximate surface area is 113 Å². The van der Waals surface area contributed by atoms with Crippen LogP contribution in [0.1, 0.15) is 45.3 Å². The molecule has 106 valence electrons. The van der Waals surface area contributed by atoms with Crippen molar-refractivity contribution < 1.29 is 19.0 Å². The summed E-state index contributed by atoms with van der Waals surface area (Å²) in [6.45, 7) is 6.14. The molecule has 0 aromatic heterocycles. The van der Waals surface area contributed by atoms with Crippen LogP contribution >= 0.6 is 0 Å². The third kappa shape index (κ3) is 3.67. The van der Waals surface area contributed by atoms with Crippen molar-refractivity contribution in [2.45, 2.75) is 51.4 Å². The summed E-state index contributed by atoms with van der Waals surface area (Å²) in [6.07, 6.45) is 1.26. The number of benzene rings is 1. The van der Waals surface area contributed by atoms with Crippen molar-refractivity contribution in [2.75, 3.05) is 6.61 Å². The van der Waals surface area contributed by atoms with Crippen LogP contribution in [-0.2, 0) is 4.74 Å². The summed E-state index contributed by atoms with van der Waals surface area (Å²) in [5.74, 6) is 0.145. The quantitative estimate of drug-likeness (QED) is 0.911. The summed E-state index contributed by atoms with van der Waals surface area (Å²) in [4.78, 5) is 0. The summed E-state index contributed by atoms with van der Waals surface area (Å²) < 4.78 is 24.7. The number of aliphatic hydroxyl groups is 1. The van der Waals surface area contributed by atoms with Crippen LogP contribution in [-0.4, -0.2) is 23.4 Å². The van der Waals surface area contributed by atoms with Gasteiger partial charge in [0.1, 0.15) is 18.2 Å². The van der Waals surface area contributed by atoms with Crippen molar-refractivity contribution in [1.82, 2.24) is 0 Å². The summed E-state index contributed by atoms with van der Waals surface area (Å²) in [5, 5.41) is 9.63. The minimum atomic E-state index is -0.758. The second-order valence-corrected chi connectivity index (χ2v) is 5.71. The summed E-state index contributed by atoms with van der Waals surface area (Å²) in [7, 11) is 0. The molecule has 0 aliphatic carbocycles. The van der Waals surface area contributed by atoms with Gasteiger partial charge in [-0.25, -0.2) is 4.39 Å². The minimum absolute atomic E-state index is 0.0573. The molecule has 0 bridgehead atoms. The molecule has 1 heterocycles. The Morgan fingerprint density at radius 2 is 2.26 bits per heavy atom.